The smallest absolute Gasteiger partial charge is 0.123 e. The lowest BCUT2D eigenvalue weighted by molar-refractivity contribution is -0.126. The molecule has 0 aromatic heterocycles. The predicted octanol–water partition coefficient (Wildman–Crippen LogP) is 5.00. The molecule has 0 heterocycles. The summed E-state index contributed by atoms with van der Waals surface area (Å²) in [4.78, 5) is 0. The summed E-state index contributed by atoms with van der Waals surface area (Å²) in [5, 5.41) is 0. The van der Waals surface area contributed by atoms with Gasteiger partial charge in [0.2, 0.25) is 0 Å². The second-order valence-electron chi connectivity index (χ2n) is 8.70. The van der Waals surface area contributed by atoms with E-state index in [0.717, 1.165) is 30.8 Å². The fourth-order valence-electron chi connectivity index (χ4n) is 2.67. The van der Waals surface area contributed by atoms with E-state index >= 15 is 0 Å². The Kier molecular flexibility index (Phi) is 6.75. The van der Waals surface area contributed by atoms with Gasteiger partial charge in [-0.1, -0.05) is 6.07 Å². The van der Waals surface area contributed by atoms with E-state index in [1.165, 1.54) is 0 Å². The molecular formula is C21H34O4. The van der Waals surface area contributed by atoms with Crippen LogP contribution in [0.25, 0.3) is 0 Å². The SMILES string of the molecule is CC(C)(C)OCCCOc1cccc(OC2CC(OC(C)(C)C)C2)c1. The summed E-state index contributed by atoms with van der Waals surface area (Å²) in [5.41, 5.74) is -0.175. The highest BCUT2D eigenvalue weighted by Crippen LogP contribution is 2.32. The Labute approximate surface area is 152 Å². The van der Waals surface area contributed by atoms with Gasteiger partial charge in [-0.05, 0) is 53.7 Å². The van der Waals surface area contributed by atoms with Gasteiger partial charge in [-0.2, -0.15) is 0 Å². The zero-order valence-electron chi connectivity index (χ0n) is 16.6. The van der Waals surface area contributed by atoms with Crippen molar-refractivity contribution in [3.63, 3.8) is 0 Å². The Morgan fingerprint density at radius 1 is 0.880 bits per heavy atom. The number of hydrogen-bond donors (Lipinski definition) is 0. The van der Waals surface area contributed by atoms with Crippen LogP contribution in [0.3, 0.4) is 0 Å². The number of rotatable bonds is 8. The highest BCUT2D eigenvalue weighted by Gasteiger charge is 2.34. The van der Waals surface area contributed by atoms with Crippen molar-refractivity contribution in [2.24, 2.45) is 0 Å². The average Bonchev–Trinajstić information content (AvgIpc) is 2.42. The molecule has 1 aromatic carbocycles. The predicted molar refractivity (Wildman–Crippen MR) is 101 cm³/mol. The van der Waals surface area contributed by atoms with Crippen LogP contribution in [0.1, 0.15) is 60.8 Å². The third-order valence-corrected chi connectivity index (χ3v) is 3.77. The molecule has 0 N–H and O–H groups in total. The molecule has 0 spiro atoms. The van der Waals surface area contributed by atoms with E-state index in [9.17, 15) is 0 Å². The highest BCUT2D eigenvalue weighted by molar-refractivity contribution is 5.33. The third-order valence-electron chi connectivity index (χ3n) is 3.77. The minimum Gasteiger partial charge on any atom is -0.493 e. The lowest BCUT2D eigenvalue weighted by Gasteiger charge is -2.39. The van der Waals surface area contributed by atoms with Crippen molar-refractivity contribution in [1.82, 2.24) is 0 Å². The van der Waals surface area contributed by atoms with Crippen LogP contribution in [-0.2, 0) is 9.47 Å². The second kappa shape index (κ2) is 8.41. The van der Waals surface area contributed by atoms with Crippen molar-refractivity contribution in [1.29, 1.82) is 0 Å². The van der Waals surface area contributed by atoms with Crippen molar-refractivity contribution in [3.05, 3.63) is 24.3 Å². The minimum atomic E-state index is -0.0922. The van der Waals surface area contributed by atoms with Gasteiger partial charge in [0.15, 0.2) is 0 Å². The molecule has 1 fully saturated rings. The topological polar surface area (TPSA) is 36.9 Å². The summed E-state index contributed by atoms with van der Waals surface area (Å²) in [7, 11) is 0. The Hall–Kier alpha value is -1.26. The van der Waals surface area contributed by atoms with Crippen LogP contribution in [0, 0.1) is 0 Å². The average molecular weight is 350 g/mol. The van der Waals surface area contributed by atoms with Crippen LogP contribution in [0.4, 0.5) is 0 Å². The van der Waals surface area contributed by atoms with Gasteiger partial charge in [-0.3, -0.25) is 0 Å². The summed E-state index contributed by atoms with van der Waals surface area (Å²) in [6, 6.07) is 7.87. The molecule has 0 atom stereocenters. The summed E-state index contributed by atoms with van der Waals surface area (Å²) in [5.74, 6) is 1.71. The van der Waals surface area contributed by atoms with E-state index in [0.29, 0.717) is 19.3 Å². The first-order chi connectivity index (χ1) is 11.6. The number of ether oxygens (including phenoxy) is 4. The summed E-state index contributed by atoms with van der Waals surface area (Å²) < 4.78 is 23.5. The normalized spacial score (nSPS) is 20.9. The Morgan fingerprint density at radius 3 is 2.20 bits per heavy atom. The fraction of sp³-hybridized carbons (Fsp3) is 0.714. The van der Waals surface area contributed by atoms with Crippen LogP contribution in [0.5, 0.6) is 11.5 Å². The van der Waals surface area contributed by atoms with E-state index in [1.807, 2.05) is 24.3 Å². The maximum atomic E-state index is 6.02. The molecule has 0 saturated heterocycles. The first-order valence-corrected chi connectivity index (χ1v) is 9.32. The van der Waals surface area contributed by atoms with Gasteiger partial charge < -0.3 is 18.9 Å². The summed E-state index contributed by atoms with van der Waals surface area (Å²) >= 11 is 0. The van der Waals surface area contributed by atoms with Gasteiger partial charge in [-0.25, -0.2) is 0 Å². The minimum absolute atomic E-state index is 0.0832. The third kappa shape index (κ3) is 8.10. The lowest BCUT2D eigenvalue weighted by atomic mass is 9.91. The van der Waals surface area contributed by atoms with Crippen molar-refractivity contribution in [2.45, 2.75) is 84.2 Å². The van der Waals surface area contributed by atoms with Crippen LogP contribution in [-0.4, -0.2) is 36.6 Å². The highest BCUT2D eigenvalue weighted by atomic mass is 16.5. The first-order valence-electron chi connectivity index (χ1n) is 9.32. The van der Waals surface area contributed by atoms with Gasteiger partial charge in [-0.15, -0.1) is 0 Å². The van der Waals surface area contributed by atoms with Gasteiger partial charge in [0.25, 0.3) is 0 Å². The summed E-state index contributed by atoms with van der Waals surface area (Å²) in [6.45, 7) is 13.8. The van der Waals surface area contributed by atoms with Crippen molar-refractivity contribution < 1.29 is 18.9 Å². The van der Waals surface area contributed by atoms with Crippen LogP contribution in [0.15, 0.2) is 24.3 Å². The molecule has 1 aliphatic rings. The molecule has 1 aliphatic carbocycles. The summed E-state index contributed by atoms with van der Waals surface area (Å²) in [6.07, 6.45) is 3.32. The van der Waals surface area contributed by atoms with E-state index in [4.69, 9.17) is 18.9 Å². The molecule has 0 unspecified atom stereocenters. The van der Waals surface area contributed by atoms with Crippen LogP contribution < -0.4 is 9.47 Å². The van der Waals surface area contributed by atoms with E-state index in [1.54, 1.807) is 0 Å². The molecule has 0 aliphatic heterocycles. The van der Waals surface area contributed by atoms with Gasteiger partial charge in [0.1, 0.15) is 17.6 Å². The molecular weight excluding hydrogens is 316 g/mol. The molecule has 0 bridgehead atoms. The zero-order valence-corrected chi connectivity index (χ0v) is 16.6. The Morgan fingerprint density at radius 2 is 1.56 bits per heavy atom. The molecule has 4 nitrogen and oxygen atoms in total. The first kappa shape index (κ1) is 20.1. The Bertz CT molecular complexity index is 521. The van der Waals surface area contributed by atoms with Crippen molar-refractivity contribution in [3.8, 4) is 11.5 Å². The number of benzene rings is 1. The van der Waals surface area contributed by atoms with Crippen LogP contribution in [0.2, 0.25) is 0 Å². The molecule has 0 radical (unpaired) electrons. The quantitative estimate of drug-likeness (QED) is 0.619. The van der Waals surface area contributed by atoms with E-state index in [-0.39, 0.29) is 17.3 Å². The van der Waals surface area contributed by atoms with E-state index < -0.39 is 0 Å². The largest absolute Gasteiger partial charge is 0.493 e. The van der Waals surface area contributed by atoms with Gasteiger partial charge in [0, 0.05) is 25.3 Å². The standard InChI is InChI=1S/C21H34O4/c1-20(2,3)23-12-8-11-22-16-9-7-10-17(13-16)24-18-14-19(15-18)25-21(4,5)6/h7,9-10,13,18-19H,8,11-12,14-15H2,1-6H3. The van der Waals surface area contributed by atoms with E-state index in [2.05, 4.69) is 41.5 Å². The van der Waals surface area contributed by atoms with Gasteiger partial charge >= 0.3 is 0 Å². The molecule has 1 saturated carbocycles. The molecule has 142 valence electrons. The zero-order chi connectivity index (χ0) is 18.5. The van der Waals surface area contributed by atoms with Crippen LogP contribution >= 0.6 is 0 Å². The van der Waals surface area contributed by atoms with Crippen molar-refractivity contribution >= 4 is 0 Å². The maximum Gasteiger partial charge on any atom is 0.123 e. The fourth-order valence-corrected chi connectivity index (χ4v) is 2.67. The molecule has 25 heavy (non-hydrogen) atoms. The maximum absolute atomic E-state index is 6.02. The monoisotopic (exact) mass is 350 g/mol. The Balaban J connectivity index is 1.68. The molecule has 2 rings (SSSR count). The number of hydrogen-bond acceptors (Lipinski definition) is 4. The molecule has 4 heteroatoms. The lowest BCUT2D eigenvalue weighted by Crippen LogP contribution is -2.43. The second-order valence-corrected chi connectivity index (χ2v) is 8.70. The van der Waals surface area contributed by atoms with Gasteiger partial charge in [0.05, 0.1) is 30.5 Å². The molecule has 0 amide bonds. The van der Waals surface area contributed by atoms with Crippen molar-refractivity contribution in [2.75, 3.05) is 13.2 Å². The molecule has 1 aromatic rings.